The number of nitrogens with zero attached hydrogens (tertiary/aromatic N) is 1. The van der Waals surface area contributed by atoms with Crippen LogP contribution in [-0.4, -0.2) is 58.6 Å². The maximum Gasteiger partial charge on any atom is 0.246 e. The first-order valence-electron chi connectivity index (χ1n) is 9.26. The van der Waals surface area contributed by atoms with Gasteiger partial charge in [0.05, 0.1) is 26.9 Å². The SMILES string of the molecule is COc1ccc(NCC(=O)Nc2ccc(C)cc2)cc1S(=O)(=O)N1CCOCC1. The predicted molar refractivity (Wildman–Crippen MR) is 111 cm³/mol. The molecule has 0 saturated carbocycles. The van der Waals surface area contributed by atoms with Crippen molar-refractivity contribution in [1.82, 2.24) is 4.31 Å². The Hall–Kier alpha value is -2.62. The molecule has 156 valence electrons. The Kier molecular flexibility index (Phi) is 6.73. The lowest BCUT2D eigenvalue weighted by atomic mass is 10.2. The summed E-state index contributed by atoms with van der Waals surface area (Å²) in [4.78, 5) is 12.2. The second-order valence-electron chi connectivity index (χ2n) is 6.65. The maximum absolute atomic E-state index is 13.0. The summed E-state index contributed by atoms with van der Waals surface area (Å²) in [5.41, 5.74) is 2.32. The van der Waals surface area contributed by atoms with Gasteiger partial charge in [-0.15, -0.1) is 0 Å². The van der Waals surface area contributed by atoms with E-state index in [0.29, 0.717) is 37.7 Å². The van der Waals surface area contributed by atoms with E-state index in [2.05, 4.69) is 10.6 Å². The fourth-order valence-electron chi connectivity index (χ4n) is 2.94. The number of nitrogens with one attached hydrogen (secondary N) is 2. The van der Waals surface area contributed by atoms with Gasteiger partial charge in [-0.25, -0.2) is 8.42 Å². The van der Waals surface area contributed by atoms with Crippen LogP contribution in [0.4, 0.5) is 11.4 Å². The number of carbonyl (C=O) groups is 1. The fourth-order valence-corrected chi connectivity index (χ4v) is 4.53. The molecule has 0 bridgehead atoms. The molecule has 1 heterocycles. The lowest BCUT2D eigenvalue weighted by molar-refractivity contribution is -0.114. The second kappa shape index (κ2) is 9.25. The average molecular weight is 420 g/mol. The number of aryl methyl sites for hydroxylation is 1. The molecule has 3 rings (SSSR count). The van der Waals surface area contributed by atoms with Crippen molar-refractivity contribution in [1.29, 1.82) is 0 Å². The number of hydrogen-bond acceptors (Lipinski definition) is 6. The van der Waals surface area contributed by atoms with Crippen molar-refractivity contribution < 1.29 is 22.7 Å². The minimum absolute atomic E-state index is 0.00273. The Morgan fingerprint density at radius 3 is 2.41 bits per heavy atom. The first-order valence-corrected chi connectivity index (χ1v) is 10.7. The van der Waals surface area contributed by atoms with Gasteiger partial charge in [-0.3, -0.25) is 4.79 Å². The number of carbonyl (C=O) groups excluding carboxylic acids is 1. The van der Waals surface area contributed by atoms with Gasteiger partial charge in [-0.05, 0) is 37.3 Å². The zero-order valence-corrected chi connectivity index (χ0v) is 17.3. The third-order valence-electron chi connectivity index (χ3n) is 4.54. The second-order valence-corrected chi connectivity index (χ2v) is 8.56. The number of benzene rings is 2. The van der Waals surface area contributed by atoms with Crippen LogP contribution in [0.25, 0.3) is 0 Å². The van der Waals surface area contributed by atoms with E-state index in [4.69, 9.17) is 9.47 Å². The minimum Gasteiger partial charge on any atom is -0.495 e. The lowest BCUT2D eigenvalue weighted by Gasteiger charge is -2.26. The normalized spacial score (nSPS) is 15.0. The number of amides is 1. The standard InChI is InChI=1S/C20H25N3O5S/c1-15-3-5-16(6-4-15)22-20(24)14-21-17-7-8-18(27-2)19(13-17)29(25,26)23-9-11-28-12-10-23/h3-8,13,21H,9-12,14H2,1-2H3,(H,22,24). The van der Waals surface area contributed by atoms with E-state index in [1.165, 1.54) is 17.5 Å². The topological polar surface area (TPSA) is 97.0 Å². The van der Waals surface area contributed by atoms with Crippen molar-refractivity contribution >= 4 is 27.3 Å². The van der Waals surface area contributed by atoms with Crippen molar-refractivity contribution in [3.05, 3.63) is 48.0 Å². The Morgan fingerprint density at radius 1 is 1.10 bits per heavy atom. The van der Waals surface area contributed by atoms with Gasteiger partial charge in [0, 0.05) is 24.5 Å². The molecule has 0 radical (unpaired) electrons. The van der Waals surface area contributed by atoms with Crippen LogP contribution in [0.3, 0.4) is 0 Å². The van der Waals surface area contributed by atoms with Crippen LogP contribution in [0.1, 0.15) is 5.56 Å². The van der Waals surface area contributed by atoms with E-state index in [-0.39, 0.29) is 23.1 Å². The number of ether oxygens (including phenoxy) is 2. The molecule has 1 fully saturated rings. The third kappa shape index (κ3) is 5.26. The monoisotopic (exact) mass is 419 g/mol. The summed E-state index contributed by atoms with van der Waals surface area (Å²) in [6.45, 7) is 3.28. The molecule has 0 atom stereocenters. The Balaban J connectivity index is 1.71. The van der Waals surface area contributed by atoms with Crippen molar-refractivity contribution in [2.45, 2.75) is 11.8 Å². The number of sulfonamides is 1. The number of rotatable bonds is 7. The predicted octanol–water partition coefficient (Wildman–Crippen LogP) is 2.08. The average Bonchev–Trinajstić information content (AvgIpc) is 2.74. The highest BCUT2D eigenvalue weighted by Gasteiger charge is 2.29. The molecule has 29 heavy (non-hydrogen) atoms. The molecule has 9 heteroatoms. The fraction of sp³-hybridized carbons (Fsp3) is 0.350. The Labute approximate surface area is 170 Å². The number of hydrogen-bond donors (Lipinski definition) is 2. The number of morpholine rings is 1. The van der Waals surface area contributed by atoms with Crippen LogP contribution in [0.15, 0.2) is 47.4 Å². The van der Waals surface area contributed by atoms with Gasteiger partial charge in [-0.2, -0.15) is 4.31 Å². The van der Waals surface area contributed by atoms with Crippen molar-refractivity contribution in [2.75, 3.05) is 50.6 Å². The van der Waals surface area contributed by atoms with Crippen LogP contribution in [0.5, 0.6) is 5.75 Å². The molecule has 0 aliphatic carbocycles. The summed E-state index contributed by atoms with van der Waals surface area (Å²) in [7, 11) is -2.30. The molecule has 2 aromatic rings. The molecule has 2 aromatic carbocycles. The number of methoxy groups -OCH3 is 1. The molecule has 0 spiro atoms. The van der Waals surface area contributed by atoms with Gasteiger partial charge >= 0.3 is 0 Å². The van der Waals surface area contributed by atoms with Gasteiger partial charge < -0.3 is 20.1 Å². The van der Waals surface area contributed by atoms with Crippen LogP contribution in [0, 0.1) is 6.92 Å². The summed E-state index contributed by atoms with van der Waals surface area (Å²) < 4.78 is 37.9. The minimum atomic E-state index is -3.73. The zero-order chi connectivity index (χ0) is 20.9. The molecule has 2 N–H and O–H groups in total. The molecule has 0 aromatic heterocycles. The zero-order valence-electron chi connectivity index (χ0n) is 16.5. The molecule has 1 aliphatic rings. The molecule has 0 unspecified atom stereocenters. The number of anilines is 2. The van der Waals surface area contributed by atoms with E-state index in [1.54, 1.807) is 12.1 Å². The van der Waals surface area contributed by atoms with E-state index in [0.717, 1.165) is 5.56 Å². The van der Waals surface area contributed by atoms with Crippen LogP contribution < -0.4 is 15.4 Å². The van der Waals surface area contributed by atoms with E-state index in [1.807, 2.05) is 31.2 Å². The highest BCUT2D eigenvalue weighted by molar-refractivity contribution is 7.89. The molecule has 1 amide bonds. The first kappa shape index (κ1) is 21.1. The largest absolute Gasteiger partial charge is 0.495 e. The van der Waals surface area contributed by atoms with E-state index in [9.17, 15) is 13.2 Å². The summed E-state index contributed by atoms with van der Waals surface area (Å²) in [6, 6.07) is 12.2. The smallest absolute Gasteiger partial charge is 0.246 e. The summed E-state index contributed by atoms with van der Waals surface area (Å²) in [5.74, 6) is 0.0217. The van der Waals surface area contributed by atoms with Gasteiger partial charge in [0.1, 0.15) is 10.6 Å². The molecular formula is C20H25N3O5S. The van der Waals surface area contributed by atoms with Gasteiger partial charge in [0.15, 0.2) is 0 Å². The lowest BCUT2D eigenvalue weighted by Crippen LogP contribution is -2.40. The first-order chi connectivity index (χ1) is 13.9. The highest BCUT2D eigenvalue weighted by Crippen LogP contribution is 2.30. The molecule has 1 saturated heterocycles. The molecular weight excluding hydrogens is 394 g/mol. The maximum atomic E-state index is 13.0. The van der Waals surface area contributed by atoms with Crippen LogP contribution >= 0.6 is 0 Å². The van der Waals surface area contributed by atoms with Crippen molar-refractivity contribution in [3.8, 4) is 5.75 Å². The molecule has 1 aliphatic heterocycles. The van der Waals surface area contributed by atoms with Crippen molar-refractivity contribution in [3.63, 3.8) is 0 Å². The Bertz CT molecular complexity index is 955. The molecule has 8 nitrogen and oxygen atoms in total. The third-order valence-corrected chi connectivity index (χ3v) is 6.46. The van der Waals surface area contributed by atoms with Gasteiger partial charge in [-0.1, -0.05) is 17.7 Å². The van der Waals surface area contributed by atoms with Crippen LogP contribution in [0.2, 0.25) is 0 Å². The summed E-state index contributed by atoms with van der Waals surface area (Å²) in [5, 5.41) is 5.76. The van der Waals surface area contributed by atoms with E-state index >= 15 is 0 Å². The summed E-state index contributed by atoms with van der Waals surface area (Å²) in [6.07, 6.45) is 0. The summed E-state index contributed by atoms with van der Waals surface area (Å²) >= 11 is 0. The van der Waals surface area contributed by atoms with Crippen molar-refractivity contribution in [2.24, 2.45) is 0 Å². The van der Waals surface area contributed by atoms with E-state index < -0.39 is 10.0 Å². The van der Waals surface area contributed by atoms with Crippen LogP contribution in [-0.2, 0) is 19.6 Å². The van der Waals surface area contributed by atoms with Gasteiger partial charge in [0.25, 0.3) is 0 Å². The quantitative estimate of drug-likeness (QED) is 0.713. The highest BCUT2D eigenvalue weighted by atomic mass is 32.2. The van der Waals surface area contributed by atoms with Gasteiger partial charge in [0.2, 0.25) is 15.9 Å². The Morgan fingerprint density at radius 2 is 1.76 bits per heavy atom.